The molecule has 4 nitrogen and oxygen atoms in total. The molecule has 0 saturated carbocycles. The number of hydrogen-bond acceptors (Lipinski definition) is 2. The highest BCUT2D eigenvalue weighted by atomic mass is 15.0. The fourth-order valence-corrected chi connectivity index (χ4v) is 7.31. The summed E-state index contributed by atoms with van der Waals surface area (Å²) in [5, 5.41) is 6.05. The molecule has 4 aromatic heterocycles. The molecule has 0 radical (unpaired) electrons. The molecule has 0 N–H and O–H groups in total. The minimum atomic E-state index is 0.931. The average molecular weight is 613 g/mol. The molecule has 4 heterocycles. The zero-order chi connectivity index (χ0) is 31.6. The Hall–Kier alpha value is -6.52. The minimum absolute atomic E-state index is 0.931. The summed E-state index contributed by atoms with van der Waals surface area (Å²) in [7, 11) is 0. The fourth-order valence-electron chi connectivity index (χ4n) is 7.31. The molecule has 4 heteroatoms. The molecule has 0 spiro atoms. The summed E-state index contributed by atoms with van der Waals surface area (Å²) in [6.45, 7) is 0. The van der Waals surface area contributed by atoms with Crippen LogP contribution in [0.1, 0.15) is 0 Å². The van der Waals surface area contributed by atoms with Crippen LogP contribution in [0.3, 0.4) is 0 Å². The van der Waals surface area contributed by atoms with E-state index in [2.05, 4.69) is 161 Å². The first-order valence-electron chi connectivity index (χ1n) is 16.3. The minimum Gasteiger partial charge on any atom is -0.309 e. The van der Waals surface area contributed by atoms with Gasteiger partial charge in [-0.1, -0.05) is 115 Å². The molecule has 10 rings (SSSR count). The first-order valence-corrected chi connectivity index (χ1v) is 16.3. The fraction of sp³-hybridized carbons (Fsp3) is 0. The third kappa shape index (κ3) is 4.10. The van der Waals surface area contributed by atoms with Crippen molar-refractivity contribution >= 4 is 49.1 Å². The first kappa shape index (κ1) is 26.7. The van der Waals surface area contributed by atoms with Crippen LogP contribution in [0.5, 0.6) is 0 Å². The van der Waals surface area contributed by atoms with E-state index in [0.29, 0.717) is 0 Å². The molecule has 6 aromatic carbocycles. The van der Waals surface area contributed by atoms with Gasteiger partial charge in [-0.25, -0.2) is 9.97 Å². The van der Waals surface area contributed by atoms with E-state index in [0.717, 1.165) is 61.3 Å². The van der Waals surface area contributed by atoms with Crippen LogP contribution in [0.15, 0.2) is 170 Å². The lowest BCUT2D eigenvalue weighted by atomic mass is 9.95. The van der Waals surface area contributed by atoms with Crippen molar-refractivity contribution in [2.75, 3.05) is 0 Å². The maximum atomic E-state index is 5.28. The van der Waals surface area contributed by atoms with Crippen LogP contribution in [0.4, 0.5) is 0 Å². The van der Waals surface area contributed by atoms with Crippen LogP contribution in [0, 0.1) is 0 Å². The average Bonchev–Trinajstić information content (AvgIpc) is 3.74. The number of aromatic nitrogens is 4. The predicted molar refractivity (Wildman–Crippen MR) is 199 cm³/mol. The maximum Gasteiger partial charge on any atom is 0.137 e. The van der Waals surface area contributed by atoms with Crippen molar-refractivity contribution in [2.24, 2.45) is 0 Å². The van der Waals surface area contributed by atoms with E-state index >= 15 is 0 Å². The smallest absolute Gasteiger partial charge is 0.137 e. The number of rotatable bonds is 4. The Labute approximate surface area is 276 Å². The zero-order valence-corrected chi connectivity index (χ0v) is 26.0. The van der Waals surface area contributed by atoms with Crippen molar-refractivity contribution in [2.45, 2.75) is 0 Å². The SMILES string of the molecule is c1ccc(-c2cn3cc(-c4ccc(-c5nc6ccccc6c6c5ccc5c6c6ccccc6n5-c5ccccc5)cc4)ccc3n2)cc1. The second-order valence-corrected chi connectivity index (χ2v) is 12.3. The third-order valence-electron chi connectivity index (χ3n) is 9.53. The maximum absolute atomic E-state index is 5.28. The summed E-state index contributed by atoms with van der Waals surface area (Å²) in [5.74, 6) is 0. The predicted octanol–water partition coefficient (Wildman–Crippen LogP) is 11.1. The van der Waals surface area contributed by atoms with Crippen LogP contribution in [0.2, 0.25) is 0 Å². The Kier molecular flexibility index (Phi) is 5.84. The zero-order valence-electron chi connectivity index (χ0n) is 26.0. The van der Waals surface area contributed by atoms with E-state index in [1.54, 1.807) is 0 Å². The van der Waals surface area contributed by atoms with Gasteiger partial charge in [-0.15, -0.1) is 0 Å². The molecule has 0 amide bonds. The standard InChI is InChI=1S/C44H28N4/c1-3-11-30(12-4-1)38-28-47-27-32(23-26-41(47)45-38)29-19-21-31(22-20-29)44-36-24-25-40-43(42(36)34-15-7-9-17-37(34)46-44)35-16-8-10-18-39(35)48(40)33-13-5-2-6-14-33/h1-28H. The lowest BCUT2D eigenvalue weighted by Gasteiger charge is -2.13. The van der Waals surface area contributed by atoms with Crippen molar-refractivity contribution in [1.29, 1.82) is 0 Å². The molecule has 0 saturated heterocycles. The van der Waals surface area contributed by atoms with Gasteiger partial charge in [-0.05, 0) is 53.6 Å². The number of hydrogen-bond donors (Lipinski definition) is 0. The van der Waals surface area contributed by atoms with Gasteiger partial charge in [0.25, 0.3) is 0 Å². The molecule has 0 unspecified atom stereocenters. The quantitative estimate of drug-likeness (QED) is 0.185. The van der Waals surface area contributed by atoms with Crippen LogP contribution in [0.25, 0.3) is 88.5 Å². The first-order chi connectivity index (χ1) is 23.8. The number of para-hydroxylation sites is 3. The number of fused-ring (bicyclic) bond motifs is 8. The summed E-state index contributed by atoms with van der Waals surface area (Å²) in [6.07, 6.45) is 4.26. The molecule has 48 heavy (non-hydrogen) atoms. The van der Waals surface area contributed by atoms with Gasteiger partial charge in [0.15, 0.2) is 0 Å². The molecule has 0 aliphatic heterocycles. The summed E-state index contributed by atoms with van der Waals surface area (Å²) in [4.78, 5) is 10.1. The van der Waals surface area contributed by atoms with E-state index in [1.165, 1.54) is 27.2 Å². The van der Waals surface area contributed by atoms with Crippen molar-refractivity contribution in [3.05, 3.63) is 170 Å². The molecule has 0 atom stereocenters. The largest absolute Gasteiger partial charge is 0.309 e. The van der Waals surface area contributed by atoms with E-state index in [4.69, 9.17) is 9.97 Å². The number of imidazole rings is 1. The molecule has 0 aliphatic rings. The highest BCUT2D eigenvalue weighted by Crippen LogP contribution is 2.42. The number of benzene rings is 6. The summed E-state index contributed by atoms with van der Waals surface area (Å²) < 4.78 is 4.49. The van der Waals surface area contributed by atoms with Crippen molar-refractivity contribution < 1.29 is 0 Å². The number of nitrogens with zero attached hydrogens (tertiary/aromatic N) is 4. The summed E-state index contributed by atoms with van der Waals surface area (Å²) in [6, 6.07) is 55.8. The summed E-state index contributed by atoms with van der Waals surface area (Å²) in [5.41, 5.74) is 11.9. The molecule has 0 fully saturated rings. The van der Waals surface area contributed by atoms with Gasteiger partial charge < -0.3 is 8.97 Å². The van der Waals surface area contributed by atoms with E-state index < -0.39 is 0 Å². The Morgan fingerprint density at radius 2 is 1.08 bits per heavy atom. The van der Waals surface area contributed by atoms with Crippen molar-refractivity contribution in [3.63, 3.8) is 0 Å². The molecule has 224 valence electrons. The van der Waals surface area contributed by atoms with Crippen LogP contribution < -0.4 is 0 Å². The molecular weight excluding hydrogens is 585 g/mol. The van der Waals surface area contributed by atoms with Crippen LogP contribution >= 0.6 is 0 Å². The van der Waals surface area contributed by atoms with Gasteiger partial charge in [0.2, 0.25) is 0 Å². The highest BCUT2D eigenvalue weighted by molar-refractivity contribution is 6.29. The lowest BCUT2D eigenvalue weighted by Crippen LogP contribution is -1.94. The van der Waals surface area contributed by atoms with Gasteiger partial charge >= 0.3 is 0 Å². The molecule has 0 aliphatic carbocycles. The van der Waals surface area contributed by atoms with Gasteiger partial charge in [-0.3, -0.25) is 0 Å². The monoisotopic (exact) mass is 612 g/mol. The third-order valence-corrected chi connectivity index (χ3v) is 9.53. The second-order valence-electron chi connectivity index (χ2n) is 12.3. The lowest BCUT2D eigenvalue weighted by molar-refractivity contribution is 1.18. The van der Waals surface area contributed by atoms with Gasteiger partial charge in [0.1, 0.15) is 5.65 Å². The molecular formula is C44H28N4. The van der Waals surface area contributed by atoms with E-state index in [-0.39, 0.29) is 0 Å². The Balaban J connectivity index is 1.14. The van der Waals surface area contributed by atoms with Gasteiger partial charge in [0.05, 0.1) is 27.9 Å². The highest BCUT2D eigenvalue weighted by Gasteiger charge is 2.19. The topological polar surface area (TPSA) is 35.1 Å². The van der Waals surface area contributed by atoms with Crippen LogP contribution in [-0.2, 0) is 0 Å². The second kappa shape index (κ2) is 10.5. The van der Waals surface area contributed by atoms with Gasteiger partial charge in [0, 0.05) is 56.1 Å². The Morgan fingerprint density at radius 3 is 1.92 bits per heavy atom. The Bertz CT molecular complexity index is 2810. The van der Waals surface area contributed by atoms with Crippen molar-refractivity contribution in [3.8, 4) is 39.3 Å². The summed E-state index contributed by atoms with van der Waals surface area (Å²) >= 11 is 0. The normalized spacial score (nSPS) is 11.8. The van der Waals surface area contributed by atoms with E-state index in [9.17, 15) is 0 Å². The van der Waals surface area contributed by atoms with Crippen molar-refractivity contribution in [1.82, 2.24) is 18.9 Å². The van der Waals surface area contributed by atoms with Crippen LogP contribution in [-0.4, -0.2) is 18.9 Å². The molecule has 10 aromatic rings. The van der Waals surface area contributed by atoms with Gasteiger partial charge in [-0.2, -0.15) is 0 Å². The number of pyridine rings is 2. The molecule has 0 bridgehead atoms. The van der Waals surface area contributed by atoms with E-state index in [1.807, 2.05) is 18.2 Å². The Morgan fingerprint density at radius 1 is 0.396 bits per heavy atom.